The Morgan fingerprint density at radius 3 is 2.70 bits per heavy atom. The van der Waals surface area contributed by atoms with Crippen molar-refractivity contribution in [3.8, 4) is 5.75 Å². The first-order valence-corrected chi connectivity index (χ1v) is 6.06. The van der Waals surface area contributed by atoms with Crippen LogP contribution in [0.3, 0.4) is 0 Å². The first kappa shape index (κ1) is 13.8. The van der Waals surface area contributed by atoms with E-state index in [2.05, 4.69) is 4.98 Å². The number of nitrogens with zero attached hydrogens (tertiary/aromatic N) is 2. The van der Waals surface area contributed by atoms with Gasteiger partial charge in [-0.1, -0.05) is 0 Å². The zero-order chi connectivity index (χ0) is 14.7. The number of benzene rings is 1. The van der Waals surface area contributed by atoms with Crippen molar-refractivity contribution in [2.24, 2.45) is 0 Å². The highest BCUT2D eigenvalue weighted by Gasteiger charge is 2.14. The predicted octanol–water partition coefficient (Wildman–Crippen LogP) is 2.77. The molecule has 0 saturated carbocycles. The predicted molar refractivity (Wildman–Crippen MR) is 75.6 cm³/mol. The Hall–Kier alpha value is -2.63. The topological polar surface area (TPSA) is 91.3 Å². The van der Waals surface area contributed by atoms with E-state index < -0.39 is 4.92 Å². The van der Waals surface area contributed by atoms with Crippen LogP contribution in [-0.2, 0) is 6.61 Å². The molecule has 1 heterocycles. The zero-order valence-corrected chi connectivity index (χ0v) is 11.3. The van der Waals surface area contributed by atoms with Gasteiger partial charge in [0, 0.05) is 23.5 Å². The Morgan fingerprint density at radius 1 is 1.30 bits per heavy atom. The highest BCUT2D eigenvalue weighted by atomic mass is 16.6. The van der Waals surface area contributed by atoms with E-state index in [1.807, 2.05) is 0 Å². The van der Waals surface area contributed by atoms with Gasteiger partial charge in [-0.2, -0.15) is 0 Å². The monoisotopic (exact) mass is 273 g/mol. The SMILES string of the molecule is Cc1cc([N+](=O)[O-])c(C)cc1OCc1cc(N)ccn1. The molecular formula is C14H15N3O3. The molecule has 2 rings (SSSR count). The Labute approximate surface area is 116 Å². The Kier molecular flexibility index (Phi) is 3.84. The van der Waals surface area contributed by atoms with Crippen molar-refractivity contribution in [2.45, 2.75) is 20.5 Å². The number of anilines is 1. The maximum atomic E-state index is 10.8. The molecule has 2 aromatic rings. The summed E-state index contributed by atoms with van der Waals surface area (Å²) in [7, 11) is 0. The molecule has 0 saturated heterocycles. The van der Waals surface area contributed by atoms with Gasteiger partial charge in [0.05, 0.1) is 10.6 Å². The molecular weight excluding hydrogens is 258 g/mol. The van der Waals surface area contributed by atoms with Gasteiger partial charge in [0.15, 0.2) is 0 Å². The number of aromatic nitrogens is 1. The van der Waals surface area contributed by atoms with Gasteiger partial charge in [0.25, 0.3) is 5.69 Å². The van der Waals surface area contributed by atoms with Crippen LogP contribution in [0.4, 0.5) is 11.4 Å². The highest BCUT2D eigenvalue weighted by molar-refractivity contribution is 5.49. The van der Waals surface area contributed by atoms with Crippen LogP contribution in [0.25, 0.3) is 0 Å². The summed E-state index contributed by atoms with van der Waals surface area (Å²) in [6.07, 6.45) is 1.61. The smallest absolute Gasteiger partial charge is 0.272 e. The molecule has 1 aromatic heterocycles. The molecule has 1 aromatic carbocycles. The average molecular weight is 273 g/mol. The van der Waals surface area contributed by atoms with Gasteiger partial charge in [-0.05, 0) is 37.6 Å². The number of nitro groups is 1. The Bertz CT molecular complexity index is 656. The van der Waals surface area contributed by atoms with Crippen molar-refractivity contribution in [3.05, 3.63) is 57.4 Å². The van der Waals surface area contributed by atoms with Crippen molar-refractivity contribution in [2.75, 3.05) is 5.73 Å². The van der Waals surface area contributed by atoms with Gasteiger partial charge < -0.3 is 10.5 Å². The fourth-order valence-electron chi connectivity index (χ4n) is 1.85. The number of rotatable bonds is 4. The third-order valence-electron chi connectivity index (χ3n) is 2.91. The summed E-state index contributed by atoms with van der Waals surface area (Å²) < 4.78 is 5.65. The molecule has 0 aliphatic carbocycles. The van der Waals surface area contributed by atoms with Crippen molar-refractivity contribution < 1.29 is 9.66 Å². The van der Waals surface area contributed by atoms with Gasteiger partial charge in [-0.15, -0.1) is 0 Å². The standard InChI is InChI=1S/C14H15N3O3/c1-9-6-14(10(2)5-13(9)17(18)19)20-8-12-7-11(15)3-4-16-12/h3-7H,8H2,1-2H3,(H2,15,16). The lowest BCUT2D eigenvalue weighted by atomic mass is 10.1. The van der Waals surface area contributed by atoms with Crippen LogP contribution in [-0.4, -0.2) is 9.91 Å². The fraction of sp³-hybridized carbons (Fsp3) is 0.214. The molecule has 2 N–H and O–H groups in total. The van der Waals surface area contributed by atoms with Crippen molar-refractivity contribution in [1.29, 1.82) is 0 Å². The van der Waals surface area contributed by atoms with E-state index in [4.69, 9.17) is 10.5 Å². The van der Waals surface area contributed by atoms with E-state index >= 15 is 0 Å². The van der Waals surface area contributed by atoms with E-state index in [9.17, 15) is 10.1 Å². The van der Waals surface area contributed by atoms with Crippen molar-refractivity contribution in [3.63, 3.8) is 0 Å². The lowest BCUT2D eigenvalue weighted by Crippen LogP contribution is -2.01. The first-order valence-electron chi connectivity index (χ1n) is 6.06. The van der Waals surface area contributed by atoms with Crippen molar-refractivity contribution >= 4 is 11.4 Å². The van der Waals surface area contributed by atoms with Crippen LogP contribution >= 0.6 is 0 Å². The molecule has 104 valence electrons. The second kappa shape index (κ2) is 5.56. The minimum absolute atomic E-state index is 0.0944. The fourth-order valence-corrected chi connectivity index (χ4v) is 1.85. The number of nitro benzene ring substituents is 1. The zero-order valence-electron chi connectivity index (χ0n) is 11.3. The molecule has 0 atom stereocenters. The number of aryl methyl sites for hydroxylation is 2. The first-order chi connectivity index (χ1) is 9.47. The molecule has 0 spiro atoms. The highest BCUT2D eigenvalue weighted by Crippen LogP contribution is 2.28. The number of hydrogen-bond acceptors (Lipinski definition) is 5. The maximum Gasteiger partial charge on any atom is 0.272 e. The summed E-state index contributed by atoms with van der Waals surface area (Å²) in [5.74, 6) is 0.609. The Balaban J connectivity index is 2.18. The molecule has 0 aliphatic heterocycles. The van der Waals surface area contributed by atoms with Crippen LogP contribution in [0, 0.1) is 24.0 Å². The largest absolute Gasteiger partial charge is 0.487 e. The third-order valence-corrected chi connectivity index (χ3v) is 2.91. The van der Waals surface area contributed by atoms with Crippen LogP contribution in [0.15, 0.2) is 30.5 Å². The molecule has 20 heavy (non-hydrogen) atoms. The molecule has 0 aliphatic rings. The van der Waals surface area contributed by atoms with E-state index in [1.54, 1.807) is 38.2 Å². The van der Waals surface area contributed by atoms with E-state index in [1.165, 1.54) is 6.07 Å². The molecule has 0 amide bonds. The minimum atomic E-state index is -0.397. The van der Waals surface area contributed by atoms with E-state index in [0.29, 0.717) is 28.3 Å². The van der Waals surface area contributed by atoms with Gasteiger partial charge in [-0.25, -0.2) is 0 Å². The lowest BCUT2D eigenvalue weighted by Gasteiger charge is -2.10. The number of nitrogen functional groups attached to an aromatic ring is 1. The normalized spacial score (nSPS) is 10.3. The quantitative estimate of drug-likeness (QED) is 0.683. The van der Waals surface area contributed by atoms with Crippen LogP contribution in [0.1, 0.15) is 16.8 Å². The van der Waals surface area contributed by atoms with Gasteiger partial charge in [0.1, 0.15) is 12.4 Å². The Morgan fingerprint density at radius 2 is 2.05 bits per heavy atom. The van der Waals surface area contributed by atoms with Gasteiger partial charge in [0.2, 0.25) is 0 Å². The average Bonchev–Trinajstić information content (AvgIpc) is 2.39. The van der Waals surface area contributed by atoms with E-state index in [0.717, 1.165) is 0 Å². The molecule has 0 fully saturated rings. The number of nitrogens with two attached hydrogens (primary N) is 1. The van der Waals surface area contributed by atoms with Crippen LogP contribution < -0.4 is 10.5 Å². The molecule has 6 nitrogen and oxygen atoms in total. The molecule has 0 bridgehead atoms. The lowest BCUT2D eigenvalue weighted by molar-refractivity contribution is -0.385. The summed E-state index contributed by atoms with van der Waals surface area (Å²) in [5, 5.41) is 10.8. The van der Waals surface area contributed by atoms with Crippen LogP contribution in [0.2, 0.25) is 0 Å². The molecule has 0 radical (unpaired) electrons. The summed E-state index contributed by atoms with van der Waals surface area (Å²) in [4.78, 5) is 14.6. The van der Waals surface area contributed by atoms with Gasteiger partial charge >= 0.3 is 0 Å². The van der Waals surface area contributed by atoms with Gasteiger partial charge in [-0.3, -0.25) is 15.1 Å². The number of ether oxygens (including phenoxy) is 1. The van der Waals surface area contributed by atoms with Crippen LogP contribution in [0.5, 0.6) is 5.75 Å². The molecule has 0 unspecified atom stereocenters. The summed E-state index contributed by atoms with van der Waals surface area (Å²) >= 11 is 0. The minimum Gasteiger partial charge on any atom is -0.487 e. The number of hydrogen-bond donors (Lipinski definition) is 1. The second-order valence-corrected chi connectivity index (χ2v) is 4.53. The maximum absolute atomic E-state index is 10.8. The van der Waals surface area contributed by atoms with Crippen molar-refractivity contribution in [1.82, 2.24) is 4.98 Å². The number of pyridine rings is 1. The van der Waals surface area contributed by atoms with E-state index in [-0.39, 0.29) is 12.3 Å². The summed E-state index contributed by atoms with van der Waals surface area (Å²) in [5.41, 5.74) is 8.37. The second-order valence-electron chi connectivity index (χ2n) is 4.53. The molecule has 6 heteroatoms. The summed E-state index contributed by atoms with van der Waals surface area (Å²) in [6, 6.07) is 6.61. The summed E-state index contributed by atoms with van der Waals surface area (Å²) in [6.45, 7) is 3.72. The third kappa shape index (κ3) is 3.03.